The lowest BCUT2D eigenvalue weighted by Crippen LogP contribution is -2.50. The summed E-state index contributed by atoms with van der Waals surface area (Å²) in [5.41, 5.74) is 3.27. The minimum Gasteiger partial charge on any atom is -0.483 e. The summed E-state index contributed by atoms with van der Waals surface area (Å²) in [5.74, 6) is 0.210. The van der Waals surface area contributed by atoms with Crippen molar-refractivity contribution in [3.8, 4) is 5.75 Å². The molecule has 0 radical (unpaired) electrons. The average Bonchev–Trinajstić information content (AvgIpc) is 2.75. The van der Waals surface area contributed by atoms with Gasteiger partial charge in [-0.2, -0.15) is 0 Å². The molecule has 0 spiro atoms. The molecule has 0 aliphatic heterocycles. The molecule has 0 saturated heterocycles. The quantitative estimate of drug-likeness (QED) is 0.509. The van der Waals surface area contributed by atoms with E-state index in [2.05, 4.69) is 28.2 Å². The van der Waals surface area contributed by atoms with Crippen LogP contribution >= 0.6 is 15.9 Å². The van der Waals surface area contributed by atoms with Crippen LogP contribution in [0.3, 0.4) is 0 Å². The summed E-state index contributed by atoms with van der Waals surface area (Å²) in [5, 5.41) is 2.98. The van der Waals surface area contributed by atoms with Crippen LogP contribution in [0.25, 0.3) is 0 Å². The molecule has 0 aromatic heterocycles. The zero-order valence-corrected chi connectivity index (χ0v) is 20.7. The molecule has 2 aromatic rings. The van der Waals surface area contributed by atoms with Gasteiger partial charge in [0, 0.05) is 12.6 Å². The number of aryl methyl sites for hydroxylation is 2. The summed E-state index contributed by atoms with van der Waals surface area (Å²) in [7, 11) is 0. The van der Waals surface area contributed by atoms with Crippen molar-refractivity contribution < 1.29 is 14.3 Å². The molecule has 5 nitrogen and oxygen atoms in total. The highest BCUT2D eigenvalue weighted by Gasteiger charge is 2.27. The van der Waals surface area contributed by atoms with E-state index in [-0.39, 0.29) is 24.5 Å². The van der Waals surface area contributed by atoms with Crippen LogP contribution < -0.4 is 10.1 Å². The van der Waals surface area contributed by atoms with Crippen LogP contribution in [0.4, 0.5) is 0 Å². The fraction of sp³-hybridized carbons (Fsp3) is 0.440. The minimum atomic E-state index is -0.614. The Hall–Kier alpha value is -2.34. The highest BCUT2D eigenvalue weighted by molar-refractivity contribution is 9.10. The third-order valence-electron chi connectivity index (χ3n) is 5.36. The molecule has 2 atom stereocenters. The van der Waals surface area contributed by atoms with E-state index in [1.807, 2.05) is 63.2 Å². The summed E-state index contributed by atoms with van der Waals surface area (Å²) >= 11 is 3.51. The number of amides is 2. The second kappa shape index (κ2) is 11.9. The maximum Gasteiger partial charge on any atom is 0.261 e. The Labute approximate surface area is 194 Å². The molecule has 2 aromatic carbocycles. The molecule has 0 saturated carbocycles. The Balaban J connectivity index is 2.17. The first-order valence-corrected chi connectivity index (χ1v) is 11.6. The SMILES string of the molecule is CCc1ccc(OCC(=O)N(Cc2cccc(C)c2)[C@@H](C)C(=O)N[C@H](C)CC)c(Br)c1. The molecule has 1 N–H and O–H groups in total. The lowest BCUT2D eigenvalue weighted by atomic mass is 10.1. The predicted octanol–water partition coefficient (Wildman–Crippen LogP) is 5.03. The summed E-state index contributed by atoms with van der Waals surface area (Å²) in [4.78, 5) is 27.5. The monoisotopic (exact) mass is 488 g/mol. The van der Waals surface area contributed by atoms with Gasteiger partial charge in [-0.15, -0.1) is 0 Å². The Kier molecular flexibility index (Phi) is 9.56. The number of nitrogens with zero attached hydrogens (tertiary/aromatic N) is 1. The number of hydrogen-bond donors (Lipinski definition) is 1. The van der Waals surface area contributed by atoms with Crippen molar-refractivity contribution in [3.63, 3.8) is 0 Å². The first-order chi connectivity index (χ1) is 14.7. The van der Waals surface area contributed by atoms with E-state index >= 15 is 0 Å². The summed E-state index contributed by atoms with van der Waals surface area (Å²) in [6, 6.07) is 13.2. The summed E-state index contributed by atoms with van der Waals surface area (Å²) in [6.45, 7) is 10.0. The van der Waals surface area contributed by atoms with Crippen LogP contribution in [-0.2, 0) is 22.6 Å². The normalized spacial score (nSPS) is 12.7. The van der Waals surface area contributed by atoms with Crippen LogP contribution in [-0.4, -0.2) is 35.4 Å². The molecule has 2 rings (SSSR count). The second-order valence-electron chi connectivity index (χ2n) is 7.91. The van der Waals surface area contributed by atoms with Gasteiger partial charge in [0.15, 0.2) is 6.61 Å². The van der Waals surface area contributed by atoms with Crippen molar-refractivity contribution in [2.24, 2.45) is 0 Å². The van der Waals surface area contributed by atoms with E-state index in [0.717, 1.165) is 28.4 Å². The number of nitrogens with one attached hydrogen (secondary N) is 1. The molecule has 0 unspecified atom stereocenters. The van der Waals surface area contributed by atoms with E-state index in [0.29, 0.717) is 12.3 Å². The molecule has 0 aliphatic rings. The van der Waals surface area contributed by atoms with Crippen LogP contribution in [0.5, 0.6) is 5.75 Å². The van der Waals surface area contributed by atoms with Gasteiger partial charge in [-0.1, -0.05) is 49.7 Å². The number of carbonyl (C=O) groups is 2. The van der Waals surface area contributed by atoms with Gasteiger partial charge >= 0.3 is 0 Å². The topological polar surface area (TPSA) is 58.6 Å². The molecule has 0 heterocycles. The predicted molar refractivity (Wildman–Crippen MR) is 128 cm³/mol. The fourth-order valence-electron chi connectivity index (χ4n) is 3.16. The third kappa shape index (κ3) is 7.39. The Morgan fingerprint density at radius 3 is 2.45 bits per heavy atom. The molecule has 168 valence electrons. The molecule has 2 amide bonds. The standard InChI is InChI=1S/C25H33BrN2O3/c1-6-18(4)27-25(30)19(5)28(15-21-10-8-9-17(3)13-21)24(29)16-31-23-12-11-20(7-2)14-22(23)26/h8-14,18-19H,6-7,15-16H2,1-5H3,(H,27,30)/t18-,19+/m1/s1. The third-order valence-corrected chi connectivity index (χ3v) is 5.98. The van der Waals surface area contributed by atoms with E-state index in [1.54, 1.807) is 11.8 Å². The highest BCUT2D eigenvalue weighted by atomic mass is 79.9. The maximum atomic E-state index is 13.1. The van der Waals surface area contributed by atoms with Crippen molar-refractivity contribution in [2.45, 2.75) is 66.1 Å². The Morgan fingerprint density at radius 1 is 1.10 bits per heavy atom. The number of benzene rings is 2. The maximum absolute atomic E-state index is 13.1. The smallest absolute Gasteiger partial charge is 0.261 e. The van der Waals surface area contributed by atoms with Gasteiger partial charge in [-0.05, 0) is 72.8 Å². The summed E-state index contributed by atoms with van der Waals surface area (Å²) in [6.07, 6.45) is 1.75. The first kappa shape index (κ1) is 24.9. The molecule has 0 aliphatic carbocycles. The van der Waals surface area contributed by atoms with Gasteiger partial charge in [-0.3, -0.25) is 9.59 Å². The lowest BCUT2D eigenvalue weighted by molar-refractivity contribution is -0.142. The Bertz CT molecular complexity index is 900. The molecule has 0 bridgehead atoms. The molecule has 6 heteroatoms. The number of rotatable bonds is 10. The van der Waals surface area contributed by atoms with Gasteiger partial charge in [0.1, 0.15) is 11.8 Å². The van der Waals surface area contributed by atoms with Crippen molar-refractivity contribution in [3.05, 3.63) is 63.6 Å². The fourth-order valence-corrected chi connectivity index (χ4v) is 3.70. The van der Waals surface area contributed by atoms with Crippen molar-refractivity contribution in [2.75, 3.05) is 6.61 Å². The molecule has 31 heavy (non-hydrogen) atoms. The Morgan fingerprint density at radius 2 is 1.84 bits per heavy atom. The first-order valence-electron chi connectivity index (χ1n) is 10.8. The van der Waals surface area contributed by atoms with Gasteiger partial charge in [0.2, 0.25) is 5.91 Å². The molecular formula is C25H33BrN2O3. The van der Waals surface area contributed by atoms with E-state index in [4.69, 9.17) is 4.74 Å². The van der Waals surface area contributed by atoms with E-state index in [9.17, 15) is 9.59 Å². The van der Waals surface area contributed by atoms with Gasteiger partial charge in [0.05, 0.1) is 4.47 Å². The lowest BCUT2D eigenvalue weighted by Gasteiger charge is -2.29. The number of carbonyl (C=O) groups excluding carboxylic acids is 2. The average molecular weight is 489 g/mol. The van der Waals surface area contributed by atoms with E-state index < -0.39 is 6.04 Å². The highest BCUT2D eigenvalue weighted by Crippen LogP contribution is 2.26. The largest absolute Gasteiger partial charge is 0.483 e. The van der Waals surface area contributed by atoms with Crippen molar-refractivity contribution >= 4 is 27.7 Å². The van der Waals surface area contributed by atoms with Crippen molar-refractivity contribution in [1.29, 1.82) is 0 Å². The molecule has 0 fully saturated rings. The van der Waals surface area contributed by atoms with Gasteiger partial charge in [-0.25, -0.2) is 0 Å². The van der Waals surface area contributed by atoms with Crippen LogP contribution in [0.15, 0.2) is 46.9 Å². The molecular weight excluding hydrogens is 456 g/mol. The second-order valence-corrected chi connectivity index (χ2v) is 8.77. The van der Waals surface area contributed by atoms with Crippen LogP contribution in [0, 0.1) is 6.92 Å². The van der Waals surface area contributed by atoms with Gasteiger partial charge < -0.3 is 15.0 Å². The minimum absolute atomic E-state index is 0.0511. The number of hydrogen-bond acceptors (Lipinski definition) is 3. The van der Waals surface area contributed by atoms with Crippen LogP contribution in [0.2, 0.25) is 0 Å². The van der Waals surface area contributed by atoms with E-state index in [1.165, 1.54) is 5.56 Å². The summed E-state index contributed by atoms with van der Waals surface area (Å²) < 4.78 is 6.62. The zero-order chi connectivity index (χ0) is 23.0. The zero-order valence-electron chi connectivity index (χ0n) is 19.1. The number of halogens is 1. The van der Waals surface area contributed by atoms with Gasteiger partial charge in [0.25, 0.3) is 5.91 Å². The van der Waals surface area contributed by atoms with Crippen LogP contribution in [0.1, 0.15) is 50.8 Å². The van der Waals surface area contributed by atoms with Crippen molar-refractivity contribution in [1.82, 2.24) is 10.2 Å². The number of ether oxygens (including phenoxy) is 1.